The fourth-order valence-electron chi connectivity index (χ4n) is 4.95. The molecule has 0 amide bonds. The van der Waals surface area contributed by atoms with E-state index >= 15 is 0 Å². The van der Waals surface area contributed by atoms with Gasteiger partial charge in [-0.3, -0.25) is 0 Å². The van der Waals surface area contributed by atoms with Crippen molar-refractivity contribution in [2.45, 2.75) is 90.9 Å². The molecule has 3 rings (SSSR count). The van der Waals surface area contributed by atoms with Crippen molar-refractivity contribution in [2.75, 3.05) is 11.9 Å². The largest absolute Gasteiger partial charge is 0.385 e. The highest BCUT2D eigenvalue weighted by molar-refractivity contribution is 5.67. The van der Waals surface area contributed by atoms with Gasteiger partial charge in [0.05, 0.1) is 0 Å². The topological polar surface area (TPSA) is 12.0 Å². The summed E-state index contributed by atoms with van der Waals surface area (Å²) in [6, 6.07) is 16.1. The highest BCUT2D eigenvalue weighted by Gasteiger charge is 2.23. The lowest BCUT2D eigenvalue weighted by Gasteiger charge is -2.30. The van der Waals surface area contributed by atoms with Gasteiger partial charge in [0.2, 0.25) is 0 Å². The number of anilines is 1. The Morgan fingerprint density at radius 2 is 1.48 bits per heavy atom. The molecule has 0 heterocycles. The highest BCUT2D eigenvalue weighted by Crippen LogP contribution is 2.39. The zero-order valence-corrected chi connectivity index (χ0v) is 19.0. The van der Waals surface area contributed by atoms with Crippen molar-refractivity contribution in [1.82, 2.24) is 0 Å². The van der Waals surface area contributed by atoms with Gasteiger partial charge in [0.25, 0.3) is 0 Å². The van der Waals surface area contributed by atoms with Crippen LogP contribution in [0.1, 0.15) is 95.1 Å². The first-order valence-corrected chi connectivity index (χ1v) is 12.2. The predicted molar refractivity (Wildman–Crippen MR) is 129 cm³/mol. The van der Waals surface area contributed by atoms with Crippen molar-refractivity contribution in [2.24, 2.45) is 5.92 Å². The predicted octanol–water partition coefficient (Wildman–Crippen LogP) is 8.73. The maximum atomic E-state index is 3.51. The summed E-state index contributed by atoms with van der Waals surface area (Å²) in [4.78, 5) is 0. The first-order valence-electron chi connectivity index (χ1n) is 12.2. The van der Waals surface area contributed by atoms with Gasteiger partial charge in [-0.2, -0.15) is 0 Å². The summed E-state index contributed by atoms with van der Waals surface area (Å²) < 4.78 is 0. The molecule has 29 heavy (non-hydrogen) atoms. The number of hydrogen-bond acceptors (Lipinski definition) is 1. The SMILES string of the molecule is CCCCC[C@H]1CC[C@H](c2ccc(-c3ccc(NCCCC)cc3)cc2C)CC1. The Labute approximate surface area is 179 Å². The summed E-state index contributed by atoms with van der Waals surface area (Å²) in [5, 5.41) is 3.51. The van der Waals surface area contributed by atoms with Crippen LogP contribution in [-0.4, -0.2) is 6.54 Å². The molecule has 1 heteroatoms. The molecule has 2 aromatic rings. The second-order valence-electron chi connectivity index (χ2n) is 9.14. The van der Waals surface area contributed by atoms with Crippen molar-refractivity contribution in [3.63, 3.8) is 0 Å². The number of unbranched alkanes of at least 4 members (excludes halogenated alkanes) is 3. The van der Waals surface area contributed by atoms with Crippen LogP contribution in [0.2, 0.25) is 0 Å². The smallest absolute Gasteiger partial charge is 0.0340 e. The zero-order chi connectivity index (χ0) is 20.5. The third-order valence-electron chi connectivity index (χ3n) is 6.85. The summed E-state index contributed by atoms with van der Waals surface area (Å²) in [5.41, 5.74) is 6.96. The quantitative estimate of drug-likeness (QED) is 0.399. The molecule has 0 aliphatic heterocycles. The number of hydrogen-bond donors (Lipinski definition) is 1. The number of rotatable bonds is 10. The molecule has 0 bridgehead atoms. The van der Waals surface area contributed by atoms with Crippen molar-refractivity contribution in [1.29, 1.82) is 0 Å². The third kappa shape index (κ3) is 6.36. The van der Waals surface area contributed by atoms with E-state index in [1.165, 1.54) is 86.6 Å². The van der Waals surface area contributed by atoms with Crippen LogP contribution in [0.3, 0.4) is 0 Å². The van der Waals surface area contributed by atoms with Gasteiger partial charge in [-0.1, -0.05) is 76.3 Å². The maximum Gasteiger partial charge on any atom is 0.0340 e. The molecule has 1 aliphatic carbocycles. The molecule has 0 atom stereocenters. The van der Waals surface area contributed by atoms with Crippen LogP contribution in [0.25, 0.3) is 11.1 Å². The van der Waals surface area contributed by atoms with Gasteiger partial charge >= 0.3 is 0 Å². The molecule has 1 aliphatic rings. The van der Waals surface area contributed by atoms with Gasteiger partial charge in [-0.25, -0.2) is 0 Å². The molecule has 0 spiro atoms. The molecule has 0 unspecified atom stereocenters. The van der Waals surface area contributed by atoms with Gasteiger partial charge in [0.15, 0.2) is 0 Å². The number of nitrogens with one attached hydrogen (secondary N) is 1. The fraction of sp³-hybridized carbons (Fsp3) is 0.571. The first kappa shape index (κ1) is 21.9. The molecule has 1 saturated carbocycles. The second-order valence-corrected chi connectivity index (χ2v) is 9.14. The molecule has 0 radical (unpaired) electrons. The summed E-state index contributed by atoms with van der Waals surface area (Å²) >= 11 is 0. The Bertz CT molecular complexity index is 722. The molecule has 1 N–H and O–H groups in total. The normalized spacial score (nSPS) is 19.3. The Morgan fingerprint density at radius 3 is 2.14 bits per heavy atom. The van der Waals surface area contributed by atoms with Crippen LogP contribution in [0, 0.1) is 12.8 Å². The van der Waals surface area contributed by atoms with E-state index < -0.39 is 0 Å². The van der Waals surface area contributed by atoms with Crippen LogP contribution >= 0.6 is 0 Å². The van der Waals surface area contributed by atoms with Gasteiger partial charge in [-0.05, 0) is 85.3 Å². The minimum Gasteiger partial charge on any atom is -0.385 e. The van der Waals surface area contributed by atoms with Gasteiger partial charge in [0, 0.05) is 12.2 Å². The Balaban J connectivity index is 1.58. The molecule has 0 saturated heterocycles. The van der Waals surface area contributed by atoms with E-state index in [4.69, 9.17) is 0 Å². The summed E-state index contributed by atoms with van der Waals surface area (Å²) in [5.74, 6) is 1.76. The zero-order valence-electron chi connectivity index (χ0n) is 19.0. The van der Waals surface area contributed by atoms with Gasteiger partial charge in [-0.15, -0.1) is 0 Å². The molecule has 2 aromatic carbocycles. The molecule has 0 aromatic heterocycles. The average Bonchev–Trinajstić information content (AvgIpc) is 2.75. The molecular formula is C28H41N. The fourth-order valence-corrected chi connectivity index (χ4v) is 4.95. The molecule has 1 fully saturated rings. The van der Waals surface area contributed by atoms with E-state index in [-0.39, 0.29) is 0 Å². The lowest BCUT2D eigenvalue weighted by atomic mass is 9.76. The number of aryl methyl sites for hydroxylation is 1. The van der Waals surface area contributed by atoms with Crippen LogP contribution < -0.4 is 5.32 Å². The summed E-state index contributed by atoms with van der Waals surface area (Å²) in [7, 11) is 0. The van der Waals surface area contributed by atoms with Gasteiger partial charge < -0.3 is 5.32 Å². The molecule has 1 nitrogen and oxygen atoms in total. The molecule has 158 valence electrons. The van der Waals surface area contributed by atoms with E-state index in [9.17, 15) is 0 Å². The Kier molecular flexibility index (Phi) is 8.65. The third-order valence-corrected chi connectivity index (χ3v) is 6.85. The Morgan fingerprint density at radius 1 is 0.793 bits per heavy atom. The van der Waals surface area contributed by atoms with E-state index in [0.29, 0.717) is 0 Å². The number of benzene rings is 2. The minimum absolute atomic E-state index is 0.775. The maximum absolute atomic E-state index is 3.51. The second kappa shape index (κ2) is 11.4. The van der Waals surface area contributed by atoms with E-state index in [1.807, 2.05) is 0 Å². The highest BCUT2D eigenvalue weighted by atomic mass is 14.9. The Hall–Kier alpha value is -1.76. The average molecular weight is 392 g/mol. The first-order chi connectivity index (χ1) is 14.2. The van der Waals surface area contributed by atoms with Crippen molar-refractivity contribution < 1.29 is 0 Å². The van der Waals surface area contributed by atoms with Crippen molar-refractivity contribution in [3.8, 4) is 11.1 Å². The van der Waals surface area contributed by atoms with E-state index in [2.05, 4.69) is 68.6 Å². The van der Waals surface area contributed by atoms with Crippen LogP contribution in [0.15, 0.2) is 42.5 Å². The van der Waals surface area contributed by atoms with Crippen LogP contribution in [-0.2, 0) is 0 Å². The standard InChI is InChI=1S/C28H41N/c1-4-6-8-9-23-10-12-25(13-11-23)28-19-16-26(21-22(28)3)24-14-17-27(18-15-24)29-20-7-5-2/h14-19,21,23,25,29H,4-13,20H2,1-3H3/t23-,25-. The van der Waals surface area contributed by atoms with Crippen LogP contribution in [0.4, 0.5) is 5.69 Å². The minimum atomic E-state index is 0.775. The summed E-state index contributed by atoms with van der Waals surface area (Å²) in [6.07, 6.45) is 13.7. The van der Waals surface area contributed by atoms with Crippen LogP contribution in [0.5, 0.6) is 0 Å². The van der Waals surface area contributed by atoms with E-state index in [0.717, 1.165) is 18.4 Å². The van der Waals surface area contributed by atoms with Crippen molar-refractivity contribution >= 4 is 5.69 Å². The lowest BCUT2D eigenvalue weighted by molar-refractivity contribution is 0.302. The summed E-state index contributed by atoms with van der Waals surface area (Å²) in [6.45, 7) is 7.91. The van der Waals surface area contributed by atoms with Gasteiger partial charge in [0.1, 0.15) is 0 Å². The van der Waals surface area contributed by atoms with E-state index in [1.54, 1.807) is 5.56 Å². The monoisotopic (exact) mass is 391 g/mol. The van der Waals surface area contributed by atoms with Crippen molar-refractivity contribution in [3.05, 3.63) is 53.6 Å². The lowest BCUT2D eigenvalue weighted by Crippen LogP contribution is -2.14. The molecular weight excluding hydrogens is 350 g/mol.